The number of likely N-dealkylation sites (N-methyl/N-ethyl adjacent to an activating group) is 1. The van der Waals surface area contributed by atoms with E-state index in [-0.39, 0.29) is 36.9 Å². The van der Waals surface area contributed by atoms with E-state index in [9.17, 15) is 14.4 Å². The first-order valence-corrected chi connectivity index (χ1v) is 29.0. The van der Waals surface area contributed by atoms with E-state index in [0.717, 1.165) is 83.5 Å². The minimum absolute atomic E-state index is 0.0753. The average molecular weight is 930 g/mol. The van der Waals surface area contributed by atoms with Crippen LogP contribution in [0.25, 0.3) is 0 Å². The largest absolute Gasteiger partial charge is 0.462 e. The smallest absolute Gasteiger partial charge is 0.329 e. The molecule has 388 valence electrons. The molecule has 0 aliphatic heterocycles. The summed E-state index contributed by atoms with van der Waals surface area (Å²) in [6.07, 6.45) is 56.3. The standard InChI is InChI=1S/C59H112N2O5/c1-6-10-14-18-22-24-26-28-30-34-38-41-47-54(46-40-36-32-20-16-12-8-3)65-58(63)52-51-56(61(5)57(62)50-44-45-53-60)59(64)66-55(48-42-37-33-21-17-13-9-4)49-43-39-35-31-29-27-25-23-19-15-11-7-2/h32-33,36-37,54-56H,6-31,34-35,38-53,60H2,1-5H3/b36-32-,37-33-. The van der Waals surface area contributed by atoms with Crippen molar-refractivity contribution in [3.63, 3.8) is 0 Å². The van der Waals surface area contributed by atoms with E-state index in [1.165, 1.54) is 172 Å². The molecule has 0 aliphatic rings. The van der Waals surface area contributed by atoms with Crippen molar-refractivity contribution in [3.05, 3.63) is 24.3 Å². The molecule has 2 N–H and O–H groups in total. The number of nitrogens with two attached hydrogens (primary N) is 1. The summed E-state index contributed by atoms with van der Waals surface area (Å²) in [5.41, 5.74) is 5.75. The highest BCUT2D eigenvalue weighted by Gasteiger charge is 2.31. The Kier molecular flexibility index (Phi) is 49.1. The molecule has 0 saturated heterocycles. The fourth-order valence-corrected chi connectivity index (χ4v) is 8.99. The van der Waals surface area contributed by atoms with Crippen molar-refractivity contribution in [1.29, 1.82) is 0 Å². The van der Waals surface area contributed by atoms with E-state index < -0.39 is 12.0 Å². The van der Waals surface area contributed by atoms with Crippen LogP contribution < -0.4 is 5.73 Å². The molecule has 66 heavy (non-hydrogen) atoms. The molecule has 0 rings (SSSR count). The third-order valence-electron chi connectivity index (χ3n) is 13.5. The summed E-state index contributed by atoms with van der Waals surface area (Å²) in [5, 5.41) is 0. The first kappa shape index (κ1) is 63.8. The van der Waals surface area contributed by atoms with Gasteiger partial charge in [-0.05, 0) is 103 Å². The number of allylic oxidation sites excluding steroid dienone is 4. The van der Waals surface area contributed by atoms with Crippen LogP contribution >= 0.6 is 0 Å². The Labute approximate surface area is 410 Å². The molecular weight excluding hydrogens is 817 g/mol. The molecule has 3 atom stereocenters. The van der Waals surface area contributed by atoms with E-state index >= 15 is 0 Å². The second kappa shape index (κ2) is 50.7. The number of carbonyl (C=O) groups excluding carboxylic acids is 3. The van der Waals surface area contributed by atoms with Crippen LogP contribution in [0, 0.1) is 0 Å². The van der Waals surface area contributed by atoms with Crippen LogP contribution in [0.1, 0.15) is 304 Å². The molecule has 0 radical (unpaired) electrons. The van der Waals surface area contributed by atoms with Gasteiger partial charge >= 0.3 is 11.9 Å². The number of nitrogens with zero attached hydrogens (tertiary/aromatic N) is 1. The lowest BCUT2D eigenvalue weighted by molar-refractivity contribution is -0.161. The van der Waals surface area contributed by atoms with E-state index in [1.807, 2.05) is 0 Å². The summed E-state index contributed by atoms with van der Waals surface area (Å²) < 4.78 is 12.6. The van der Waals surface area contributed by atoms with Gasteiger partial charge in [0.05, 0.1) is 0 Å². The second-order valence-corrected chi connectivity index (χ2v) is 19.9. The van der Waals surface area contributed by atoms with Crippen LogP contribution in [-0.4, -0.2) is 54.6 Å². The topological polar surface area (TPSA) is 98.9 Å². The van der Waals surface area contributed by atoms with Crippen molar-refractivity contribution in [3.8, 4) is 0 Å². The lowest BCUT2D eigenvalue weighted by Gasteiger charge is -2.29. The molecule has 7 nitrogen and oxygen atoms in total. The third-order valence-corrected chi connectivity index (χ3v) is 13.5. The monoisotopic (exact) mass is 929 g/mol. The quantitative estimate of drug-likeness (QED) is 0.0371. The van der Waals surface area contributed by atoms with Crippen molar-refractivity contribution < 1.29 is 23.9 Å². The number of rotatable bonds is 51. The van der Waals surface area contributed by atoms with Gasteiger partial charge in [-0.25, -0.2) is 4.79 Å². The second-order valence-electron chi connectivity index (χ2n) is 19.9. The summed E-state index contributed by atoms with van der Waals surface area (Å²) in [6.45, 7) is 9.54. The van der Waals surface area contributed by atoms with Crippen LogP contribution in [0.3, 0.4) is 0 Å². The molecule has 0 aromatic rings. The fourth-order valence-electron chi connectivity index (χ4n) is 8.99. The van der Waals surface area contributed by atoms with Crippen LogP contribution in [0.2, 0.25) is 0 Å². The summed E-state index contributed by atoms with van der Waals surface area (Å²) >= 11 is 0. The predicted molar refractivity (Wildman–Crippen MR) is 285 cm³/mol. The van der Waals surface area contributed by atoms with Crippen molar-refractivity contribution in [1.82, 2.24) is 4.90 Å². The fraction of sp³-hybridized carbons (Fsp3) is 0.881. The number of hydrogen-bond acceptors (Lipinski definition) is 6. The van der Waals surface area contributed by atoms with E-state index in [1.54, 1.807) is 7.05 Å². The minimum Gasteiger partial charge on any atom is -0.462 e. The summed E-state index contributed by atoms with van der Waals surface area (Å²) in [5.74, 6) is -0.787. The SMILES string of the molecule is CCCCC/C=C\CCC(CCCCCCCCCCCCCC)OC(=O)CCC(C(=O)OC(CC/C=C\CCCCC)CCCCCCCCCCCCCC)N(C)C(=O)CCCCN. The highest BCUT2D eigenvalue weighted by Crippen LogP contribution is 2.22. The van der Waals surface area contributed by atoms with E-state index in [0.29, 0.717) is 19.4 Å². The Hall–Kier alpha value is -2.15. The van der Waals surface area contributed by atoms with Crippen molar-refractivity contribution >= 4 is 17.8 Å². The Morgan fingerprint density at radius 2 is 0.773 bits per heavy atom. The number of ether oxygens (including phenoxy) is 2. The van der Waals surface area contributed by atoms with Gasteiger partial charge in [-0.3, -0.25) is 9.59 Å². The van der Waals surface area contributed by atoms with Gasteiger partial charge in [-0.1, -0.05) is 219 Å². The van der Waals surface area contributed by atoms with Crippen LogP contribution in [0.5, 0.6) is 0 Å². The number of carbonyl (C=O) groups is 3. The van der Waals surface area contributed by atoms with Crippen LogP contribution in [-0.2, 0) is 23.9 Å². The first-order valence-electron chi connectivity index (χ1n) is 29.0. The maximum Gasteiger partial charge on any atom is 0.329 e. The first-order chi connectivity index (χ1) is 32.3. The average Bonchev–Trinajstić information content (AvgIpc) is 3.31. The number of hydrogen-bond donors (Lipinski definition) is 1. The minimum atomic E-state index is -0.835. The van der Waals surface area contributed by atoms with Gasteiger partial charge in [0.15, 0.2) is 0 Å². The molecule has 1 amide bonds. The molecule has 0 bridgehead atoms. The van der Waals surface area contributed by atoms with Crippen molar-refractivity contribution in [2.75, 3.05) is 13.6 Å². The molecule has 7 heteroatoms. The van der Waals surface area contributed by atoms with Crippen molar-refractivity contribution in [2.45, 2.75) is 322 Å². The summed E-state index contributed by atoms with van der Waals surface area (Å²) in [7, 11) is 1.70. The molecule has 0 heterocycles. The number of amides is 1. The van der Waals surface area contributed by atoms with Gasteiger partial charge < -0.3 is 20.1 Å². The normalized spacial score (nSPS) is 13.1. The van der Waals surface area contributed by atoms with Gasteiger partial charge in [0, 0.05) is 19.9 Å². The number of esters is 2. The maximum atomic E-state index is 14.2. The third kappa shape index (κ3) is 42.0. The highest BCUT2D eigenvalue weighted by atomic mass is 16.5. The lowest BCUT2D eigenvalue weighted by atomic mass is 10.0. The molecule has 0 aromatic carbocycles. The Balaban J connectivity index is 5.58. The van der Waals surface area contributed by atoms with E-state index in [4.69, 9.17) is 15.2 Å². The van der Waals surface area contributed by atoms with E-state index in [2.05, 4.69) is 52.0 Å². The molecule has 3 unspecified atom stereocenters. The zero-order valence-electron chi connectivity index (χ0n) is 44.7. The highest BCUT2D eigenvalue weighted by molar-refractivity contribution is 5.85. The molecular formula is C59H112N2O5. The molecule has 0 fully saturated rings. The molecule has 0 aliphatic carbocycles. The lowest BCUT2D eigenvalue weighted by Crippen LogP contribution is -2.44. The van der Waals surface area contributed by atoms with Gasteiger partial charge in [0.25, 0.3) is 0 Å². The zero-order valence-corrected chi connectivity index (χ0v) is 44.7. The van der Waals surface area contributed by atoms with Gasteiger partial charge in [0.2, 0.25) is 5.91 Å². The predicted octanol–water partition coefficient (Wildman–Crippen LogP) is 17.6. The number of unbranched alkanes of at least 4 members (excludes halogenated alkanes) is 29. The molecule has 0 aromatic heterocycles. The van der Waals surface area contributed by atoms with Crippen LogP contribution in [0.4, 0.5) is 0 Å². The Morgan fingerprint density at radius 3 is 1.18 bits per heavy atom. The Bertz CT molecular complexity index is 1120. The summed E-state index contributed by atoms with van der Waals surface area (Å²) in [4.78, 5) is 42.8. The van der Waals surface area contributed by atoms with Crippen LogP contribution in [0.15, 0.2) is 24.3 Å². The summed E-state index contributed by atoms with van der Waals surface area (Å²) in [6, 6.07) is -0.835. The van der Waals surface area contributed by atoms with Crippen molar-refractivity contribution in [2.24, 2.45) is 5.73 Å². The molecule has 0 spiro atoms. The Morgan fingerprint density at radius 1 is 0.409 bits per heavy atom. The molecule has 0 saturated carbocycles. The maximum absolute atomic E-state index is 14.2. The zero-order chi connectivity index (χ0) is 48.4. The van der Waals surface area contributed by atoms with Gasteiger partial charge in [-0.15, -0.1) is 0 Å². The van der Waals surface area contributed by atoms with Gasteiger partial charge in [0.1, 0.15) is 18.2 Å². The van der Waals surface area contributed by atoms with Gasteiger partial charge in [-0.2, -0.15) is 0 Å².